The molecule has 0 radical (unpaired) electrons. The zero-order valence-electron chi connectivity index (χ0n) is 17.6. The summed E-state index contributed by atoms with van der Waals surface area (Å²) < 4.78 is 20.3. The quantitative estimate of drug-likeness (QED) is 0.376. The van der Waals surface area contributed by atoms with Gasteiger partial charge in [0.1, 0.15) is 5.82 Å². The summed E-state index contributed by atoms with van der Waals surface area (Å²) in [6.07, 6.45) is 4.21. The van der Waals surface area contributed by atoms with Gasteiger partial charge in [-0.2, -0.15) is 4.98 Å². The number of carbonyl (C=O) groups excluding carboxylic acids is 1. The lowest BCUT2D eigenvalue weighted by Crippen LogP contribution is -2.21. The molecule has 0 saturated carbocycles. The Balaban J connectivity index is 1.82. The number of nitrogens with zero attached hydrogens (tertiary/aromatic N) is 4. The fraction of sp³-hybridized carbons (Fsp3) is 0.238. The van der Waals surface area contributed by atoms with Crippen molar-refractivity contribution in [2.75, 3.05) is 23.8 Å². The van der Waals surface area contributed by atoms with Gasteiger partial charge in [0.05, 0.1) is 23.8 Å². The molecule has 0 aliphatic heterocycles. The molecule has 0 fully saturated rings. The van der Waals surface area contributed by atoms with Crippen molar-refractivity contribution in [3.63, 3.8) is 0 Å². The van der Waals surface area contributed by atoms with Crippen LogP contribution in [0.25, 0.3) is 11.1 Å². The predicted molar refractivity (Wildman–Crippen MR) is 122 cm³/mol. The summed E-state index contributed by atoms with van der Waals surface area (Å²) in [6.45, 7) is 3.60. The number of hydrogen-bond acceptors (Lipinski definition) is 9. The number of nitrogens with one attached hydrogen (secondary N) is 2. The average Bonchev–Trinajstić information content (AvgIpc) is 2.80. The lowest BCUT2D eigenvalue weighted by molar-refractivity contribution is 0.164. The van der Waals surface area contributed by atoms with Gasteiger partial charge in [-0.25, -0.2) is 14.0 Å². The van der Waals surface area contributed by atoms with Crippen LogP contribution >= 0.6 is 0 Å². The average molecular weight is 457 g/mol. The van der Waals surface area contributed by atoms with Gasteiger partial charge in [-0.15, -0.1) is 4.36 Å². The van der Waals surface area contributed by atoms with Crippen molar-refractivity contribution < 1.29 is 18.8 Å². The summed E-state index contributed by atoms with van der Waals surface area (Å²) in [7, 11) is -2.24. The molecular weight excluding hydrogens is 432 g/mol. The van der Waals surface area contributed by atoms with Crippen LogP contribution < -0.4 is 10.6 Å². The highest BCUT2D eigenvalue weighted by molar-refractivity contribution is 7.75. The zero-order chi connectivity index (χ0) is 22.9. The van der Waals surface area contributed by atoms with Crippen molar-refractivity contribution in [1.82, 2.24) is 15.0 Å². The van der Waals surface area contributed by atoms with Crippen LogP contribution in [-0.4, -0.2) is 49.6 Å². The minimum atomic E-state index is -2.24. The summed E-state index contributed by atoms with van der Waals surface area (Å²) in [4.78, 5) is 24.8. The number of aliphatic hydroxyl groups excluding tert-OH is 1. The Kier molecular flexibility index (Phi) is 8.06. The first-order valence-corrected chi connectivity index (χ1v) is 11.1. The SMILES string of the molecule is CCOC(=O)/N=[SH](=O)/c1ccc(Nc2ncc(-c3cccnc3)c(N[C@H](C)CO)n2)cc1. The molecule has 0 spiro atoms. The summed E-state index contributed by atoms with van der Waals surface area (Å²) in [5, 5.41) is 15.7. The molecule has 32 heavy (non-hydrogen) atoms. The molecular formula is C21H24N6O4S. The van der Waals surface area contributed by atoms with Crippen LogP contribution in [0.1, 0.15) is 13.8 Å². The molecule has 2 aromatic heterocycles. The number of rotatable bonds is 8. The maximum Gasteiger partial charge on any atom is 0.441 e. The number of hydrogen-bond donors (Lipinski definition) is 4. The van der Waals surface area contributed by atoms with Crippen molar-refractivity contribution in [2.45, 2.75) is 24.8 Å². The molecule has 1 aromatic carbocycles. The van der Waals surface area contributed by atoms with E-state index in [-0.39, 0.29) is 19.3 Å². The highest BCUT2D eigenvalue weighted by Crippen LogP contribution is 2.27. The predicted octanol–water partition coefficient (Wildman–Crippen LogP) is 3.25. The molecule has 3 rings (SSSR count). The van der Waals surface area contributed by atoms with Crippen LogP contribution in [0.4, 0.5) is 22.2 Å². The molecule has 2 atom stereocenters. The number of aromatic nitrogens is 3. The Morgan fingerprint density at radius 2 is 2.03 bits per heavy atom. The molecule has 168 valence electrons. The molecule has 2 heterocycles. The van der Waals surface area contributed by atoms with E-state index in [0.717, 1.165) is 11.1 Å². The van der Waals surface area contributed by atoms with E-state index in [1.165, 1.54) is 0 Å². The molecule has 11 heteroatoms. The van der Waals surface area contributed by atoms with Crippen LogP contribution in [0.5, 0.6) is 0 Å². The lowest BCUT2D eigenvalue weighted by Gasteiger charge is -2.16. The number of thiol groups is 1. The summed E-state index contributed by atoms with van der Waals surface area (Å²) in [5.41, 5.74) is 2.24. The van der Waals surface area contributed by atoms with E-state index >= 15 is 0 Å². The van der Waals surface area contributed by atoms with E-state index in [4.69, 9.17) is 0 Å². The molecule has 0 aliphatic rings. The first kappa shape index (κ1) is 23.1. The third-order valence-corrected chi connectivity index (χ3v) is 5.29. The Bertz CT molecular complexity index is 1130. The first-order valence-electron chi connectivity index (χ1n) is 9.87. The second-order valence-corrected chi connectivity index (χ2v) is 7.93. The molecule has 10 nitrogen and oxygen atoms in total. The number of ether oxygens (including phenoxy) is 1. The number of benzene rings is 1. The highest BCUT2D eigenvalue weighted by Gasteiger charge is 2.12. The zero-order valence-corrected chi connectivity index (χ0v) is 18.5. The van der Waals surface area contributed by atoms with Gasteiger partial charge in [-0.3, -0.25) is 4.98 Å². The van der Waals surface area contributed by atoms with E-state index in [2.05, 4.69) is 34.7 Å². The number of pyridine rings is 1. The van der Waals surface area contributed by atoms with Crippen LogP contribution in [0, 0.1) is 0 Å². The lowest BCUT2D eigenvalue weighted by atomic mass is 10.1. The maximum absolute atomic E-state index is 12.1. The summed E-state index contributed by atoms with van der Waals surface area (Å²) in [6, 6.07) is 10.1. The topological polar surface area (TPSA) is 139 Å². The number of amides is 1. The third kappa shape index (κ3) is 6.22. The van der Waals surface area contributed by atoms with Crippen LogP contribution in [0.3, 0.4) is 0 Å². The summed E-state index contributed by atoms with van der Waals surface area (Å²) in [5.74, 6) is 0.878. The van der Waals surface area contributed by atoms with Gasteiger partial charge in [0.25, 0.3) is 0 Å². The molecule has 3 aromatic rings. The molecule has 3 N–H and O–H groups in total. The van der Waals surface area contributed by atoms with Crippen LogP contribution in [-0.2, 0) is 15.3 Å². The first-order chi connectivity index (χ1) is 15.5. The highest BCUT2D eigenvalue weighted by atomic mass is 32.2. The monoisotopic (exact) mass is 456 g/mol. The molecule has 1 unspecified atom stereocenters. The van der Waals surface area contributed by atoms with E-state index in [1.807, 2.05) is 19.1 Å². The van der Waals surface area contributed by atoms with Crippen LogP contribution in [0.15, 0.2) is 64.2 Å². The largest absolute Gasteiger partial charge is 0.448 e. The second kappa shape index (κ2) is 11.2. The minimum Gasteiger partial charge on any atom is -0.448 e. The van der Waals surface area contributed by atoms with Crippen molar-refractivity contribution in [1.29, 1.82) is 0 Å². The van der Waals surface area contributed by atoms with E-state index in [1.54, 1.807) is 49.8 Å². The Labute approximate surface area is 187 Å². The van der Waals surface area contributed by atoms with Crippen molar-refractivity contribution in [3.05, 3.63) is 55.0 Å². The normalized spacial score (nSPS) is 12.7. The standard InChI is InChI=1S/C21H24N6O4S/c1-3-31-21(29)27-32(30)17-8-6-16(7-9-17)25-20-23-12-18(15-5-4-10-22-11-15)19(26-20)24-14(2)13-28/h4-12,14,28,32H,3,13H2,1-2H3,(H2,23,24,25,26)/t14-/m1/s1. The number of aliphatic hydroxyl groups is 1. The van der Waals surface area contributed by atoms with Crippen molar-refractivity contribution >= 4 is 34.1 Å². The molecule has 1 amide bonds. The smallest absolute Gasteiger partial charge is 0.441 e. The second-order valence-electron chi connectivity index (χ2n) is 6.67. The minimum absolute atomic E-state index is 0.0598. The van der Waals surface area contributed by atoms with E-state index in [9.17, 15) is 14.1 Å². The van der Waals surface area contributed by atoms with Crippen molar-refractivity contribution in [2.24, 2.45) is 4.36 Å². The van der Waals surface area contributed by atoms with E-state index < -0.39 is 16.7 Å². The van der Waals surface area contributed by atoms with Gasteiger partial charge in [0.15, 0.2) is 0 Å². The fourth-order valence-corrected chi connectivity index (χ4v) is 3.38. The number of anilines is 3. The molecule has 0 aliphatic carbocycles. The van der Waals surface area contributed by atoms with Crippen LogP contribution in [0.2, 0.25) is 0 Å². The van der Waals surface area contributed by atoms with Crippen molar-refractivity contribution in [3.8, 4) is 11.1 Å². The Morgan fingerprint density at radius 1 is 1.25 bits per heavy atom. The molecule has 0 saturated heterocycles. The van der Waals surface area contributed by atoms with E-state index in [0.29, 0.717) is 22.3 Å². The van der Waals surface area contributed by atoms with Gasteiger partial charge in [-0.05, 0) is 44.2 Å². The third-order valence-electron chi connectivity index (χ3n) is 4.20. The van der Waals surface area contributed by atoms with Gasteiger partial charge in [-0.1, -0.05) is 6.07 Å². The fourth-order valence-electron chi connectivity index (χ4n) is 2.65. The van der Waals surface area contributed by atoms with Gasteiger partial charge < -0.3 is 20.5 Å². The molecule has 0 bridgehead atoms. The Hall–Kier alpha value is -3.57. The van der Waals surface area contributed by atoms with Gasteiger partial charge in [0.2, 0.25) is 5.95 Å². The Morgan fingerprint density at radius 3 is 2.69 bits per heavy atom. The summed E-state index contributed by atoms with van der Waals surface area (Å²) >= 11 is 0. The van der Waals surface area contributed by atoms with Gasteiger partial charge >= 0.3 is 6.09 Å². The maximum atomic E-state index is 12.1. The number of carbonyl (C=O) groups is 1. The van der Waals surface area contributed by atoms with Gasteiger partial charge in [0, 0.05) is 46.3 Å².